The maximum absolute atomic E-state index is 9.41. The summed E-state index contributed by atoms with van der Waals surface area (Å²) in [6.07, 6.45) is 0.984. The summed E-state index contributed by atoms with van der Waals surface area (Å²) in [5.41, 5.74) is 2.27. The van der Waals surface area contributed by atoms with Gasteiger partial charge in [0.2, 0.25) is 0 Å². The monoisotopic (exact) mass is 510 g/mol. The van der Waals surface area contributed by atoms with Crippen LogP contribution in [0.5, 0.6) is 0 Å². The van der Waals surface area contributed by atoms with Crippen molar-refractivity contribution in [2.75, 3.05) is 57.9 Å². The number of hydrogen-bond acceptors (Lipinski definition) is 9. The van der Waals surface area contributed by atoms with Gasteiger partial charge in [-0.1, -0.05) is 18.2 Å². The molecule has 2 aromatic carbocycles. The molecule has 1 aromatic heterocycles. The summed E-state index contributed by atoms with van der Waals surface area (Å²) < 4.78 is 8.31. The lowest BCUT2D eigenvalue weighted by molar-refractivity contribution is 0.0398. The van der Waals surface area contributed by atoms with E-state index in [-0.39, 0.29) is 13.2 Å². The highest BCUT2D eigenvalue weighted by Crippen LogP contribution is 2.33. The van der Waals surface area contributed by atoms with Crippen molar-refractivity contribution in [3.05, 3.63) is 58.3 Å². The van der Waals surface area contributed by atoms with Crippen molar-refractivity contribution >= 4 is 45.8 Å². The Morgan fingerprint density at radius 1 is 1.17 bits per heavy atom. The summed E-state index contributed by atoms with van der Waals surface area (Å²) in [6.45, 7) is 5.48. The van der Waals surface area contributed by atoms with Gasteiger partial charge >= 0.3 is 0 Å². The predicted octanol–water partition coefficient (Wildman–Crippen LogP) is 3.77. The first kappa shape index (κ1) is 25.7. The molecule has 3 aromatic rings. The van der Waals surface area contributed by atoms with Crippen LogP contribution >= 0.6 is 23.3 Å². The van der Waals surface area contributed by atoms with E-state index in [1.54, 1.807) is 11.3 Å². The molecule has 35 heavy (non-hydrogen) atoms. The standard InChI is InChI=1S/C26H30N4O3S2/c27-16-25(35-29-17-23(32)18-31)15-24-5-6-26(34-24)21-2-1-20-14-22(4-3-19(20)13-21)28-7-8-30-9-11-33-12-10-30/h1-6,13-15,23,28-29,31-32H,7-12,17-18H2/b25-15+. The minimum absolute atomic E-state index is 0.206. The zero-order chi connectivity index (χ0) is 24.5. The molecule has 0 radical (unpaired) electrons. The van der Waals surface area contributed by atoms with Crippen molar-refractivity contribution in [2.24, 2.45) is 0 Å². The zero-order valence-corrected chi connectivity index (χ0v) is 21.1. The Bertz CT molecular complexity index is 1180. The summed E-state index contributed by atoms with van der Waals surface area (Å²) in [6, 6.07) is 19.2. The third-order valence-corrected chi connectivity index (χ3v) is 7.53. The Labute approximate surface area is 214 Å². The summed E-state index contributed by atoms with van der Waals surface area (Å²) >= 11 is 2.78. The van der Waals surface area contributed by atoms with Crippen molar-refractivity contribution in [3.8, 4) is 16.5 Å². The number of ether oxygens (including phenoxy) is 1. The molecule has 1 fully saturated rings. The van der Waals surface area contributed by atoms with Crippen LogP contribution in [0, 0.1) is 11.3 Å². The molecule has 0 spiro atoms. The smallest absolute Gasteiger partial charge is 0.108 e. The second kappa shape index (κ2) is 13.0. The molecule has 1 saturated heterocycles. The van der Waals surface area contributed by atoms with Gasteiger partial charge in [-0.15, -0.1) is 11.3 Å². The van der Waals surface area contributed by atoms with Crippen LogP contribution in [0.25, 0.3) is 27.3 Å². The van der Waals surface area contributed by atoms with Gasteiger partial charge in [0, 0.05) is 48.2 Å². The molecule has 1 unspecified atom stereocenters. The lowest BCUT2D eigenvalue weighted by Gasteiger charge is -2.26. The van der Waals surface area contributed by atoms with Crippen molar-refractivity contribution < 1.29 is 14.9 Å². The fraction of sp³-hybridized carbons (Fsp3) is 0.346. The number of hydrogen-bond donors (Lipinski definition) is 4. The molecule has 1 atom stereocenters. The molecule has 0 amide bonds. The number of morpholine rings is 1. The molecule has 1 aliphatic heterocycles. The van der Waals surface area contributed by atoms with E-state index in [2.05, 4.69) is 63.5 Å². The van der Waals surface area contributed by atoms with E-state index >= 15 is 0 Å². The number of benzene rings is 2. The molecule has 0 saturated carbocycles. The normalized spacial score (nSPS) is 15.7. The first-order valence-corrected chi connectivity index (χ1v) is 13.3. The van der Waals surface area contributed by atoms with Crippen molar-refractivity contribution in [3.63, 3.8) is 0 Å². The number of aliphatic hydroxyl groups is 2. The van der Waals surface area contributed by atoms with Crippen LogP contribution in [0.3, 0.4) is 0 Å². The first-order chi connectivity index (χ1) is 17.1. The lowest BCUT2D eigenvalue weighted by Crippen LogP contribution is -2.38. The molecular formula is C26H30N4O3S2. The van der Waals surface area contributed by atoms with Gasteiger partial charge in [0.25, 0.3) is 0 Å². The molecule has 184 valence electrons. The molecule has 4 rings (SSSR count). The highest BCUT2D eigenvalue weighted by atomic mass is 32.2. The molecule has 0 aliphatic carbocycles. The number of rotatable bonds is 11. The van der Waals surface area contributed by atoms with Crippen LogP contribution in [0.2, 0.25) is 0 Å². The number of anilines is 1. The Morgan fingerprint density at radius 3 is 2.77 bits per heavy atom. The SMILES string of the molecule is N#C/C(=C\c1ccc(-c2ccc3cc(NCCN4CCOCC4)ccc3c2)s1)SNCC(O)CO. The van der Waals surface area contributed by atoms with Crippen molar-refractivity contribution in [1.29, 1.82) is 5.26 Å². The number of thiophene rings is 1. The van der Waals surface area contributed by atoms with E-state index in [1.165, 1.54) is 10.8 Å². The third kappa shape index (κ3) is 7.53. The summed E-state index contributed by atoms with van der Waals surface area (Å²) in [5, 5.41) is 33.6. The minimum Gasteiger partial charge on any atom is -0.394 e. The van der Waals surface area contributed by atoms with Gasteiger partial charge in [-0.3, -0.25) is 9.62 Å². The Morgan fingerprint density at radius 2 is 1.97 bits per heavy atom. The van der Waals surface area contributed by atoms with Crippen LogP contribution in [-0.2, 0) is 4.74 Å². The Kier molecular flexibility index (Phi) is 9.57. The fourth-order valence-electron chi connectivity index (χ4n) is 3.77. The lowest BCUT2D eigenvalue weighted by atomic mass is 10.1. The molecule has 0 bridgehead atoms. The van der Waals surface area contributed by atoms with E-state index in [0.29, 0.717) is 4.91 Å². The van der Waals surface area contributed by atoms with Crippen LogP contribution in [0.1, 0.15) is 4.88 Å². The quantitative estimate of drug-likeness (QED) is 0.229. The Hall–Kier alpha value is -2.42. The summed E-state index contributed by atoms with van der Waals surface area (Å²) in [4.78, 5) is 5.03. The van der Waals surface area contributed by atoms with E-state index in [9.17, 15) is 10.4 Å². The maximum Gasteiger partial charge on any atom is 0.108 e. The van der Waals surface area contributed by atoms with Gasteiger partial charge in [-0.05, 0) is 64.7 Å². The van der Waals surface area contributed by atoms with E-state index in [0.717, 1.165) is 72.3 Å². The van der Waals surface area contributed by atoms with E-state index in [4.69, 9.17) is 9.84 Å². The fourth-order valence-corrected chi connectivity index (χ4v) is 5.46. The highest BCUT2D eigenvalue weighted by molar-refractivity contribution is 8.01. The number of nitrogens with zero attached hydrogens (tertiary/aromatic N) is 2. The van der Waals surface area contributed by atoms with Gasteiger partial charge in [-0.25, -0.2) is 0 Å². The second-order valence-corrected chi connectivity index (χ2v) is 10.3. The van der Waals surface area contributed by atoms with Gasteiger partial charge in [0.1, 0.15) is 11.0 Å². The number of fused-ring (bicyclic) bond motifs is 1. The third-order valence-electron chi connectivity index (χ3n) is 5.71. The second-order valence-electron chi connectivity index (χ2n) is 8.27. The van der Waals surface area contributed by atoms with Gasteiger partial charge in [0.05, 0.1) is 25.9 Å². The maximum atomic E-state index is 9.41. The molecule has 7 nitrogen and oxygen atoms in total. The van der Waals surface area contributed by atoms with Crippen LogP contribution in [-0.4, -0.2) is 73.8 Å². The zero-order valence-electron chi connectivity index (χ0n) is 19.4. The van der Waals surface area contributed by atoms with Gasteiger partial charge < -0.3 is 20.3 Å². The van der Waals surface area contributed by atoms with Gasteiger partial charge in [0.15, 0.2) is 0 Å². The number of nitriles is 1. The highest BCUT2D eigenvalue weighted by Gasteiger charge is 2.10. The Balaban J connectivity index is 1.37. The minimum atomic E-state index is -0.842. The predicted molar refractivity (Wildman–Crippen MR) is 145 cm³/mol. The molecule has 4 N–H and O–H groups in total. The van der Waals surface area contributed by atoms with Crippen LogP contribution in [0.4, 0.5) is 5.69 Å². The number of allylic oxidation sites excluding steroid dienone is 1. The van der Waals surface area contributed by atoms with Crippen LogP contribution < -0.4 is 10.0 Å². The molecule has 9 heteroatoms. The largest absolute Gasteiger partial charge is 0.394 e. The number of aliphatic hydroxyl groups excluding tert-OH is 2. The average Bonchev–Trinajstić information content (AvgIpc) is 3.36. The van der Waals surface area contributed by atoms with Crippen LogP contribution in [0.15, 0.2) is 53.4 Å². The van der Waals surface area contributed by atoms with Gasteiger partial charge in [-0.2, -0.15) is 5.26 Å². The molecular weight excluding hydrogens is 480 g/mol. The number of nitrogens with one attached hydrogen (secondary N) is 2. The topological polar surface area (TPSA) is 101 Å². The van der Waals surface area contributed by atoms with E-state index < -0.39 is 6.10 Å². The summed E-state index contributed by atoms with van der Waals surface area (Å²) in [5.74, 6) is 0. The van der Waals surface area contributed by atoms with Crippen molar-refractivity contribution in [1.82, 2.24) is 9.62 Å². The van der Waals surface area contributed by atoms with Crippen molar-refractivity contribution in [2.45, 2.75) is 6.10 Å². The van der Waals surface area contributed by atoms with E-state index in [1.807, 2.05) is 12.1 Å². The average molecular weight is 511 g/mol. The first-order valence-electron chi connectivity index (χ1n) is 11.6. The summed E-state index contributed by atoms with van der Waals surface area (Å²) in [7, 11) is 0. The molecule has 1 aliphatic rings. The molecule has 2 heterocycles.